The first-order valence-corrected chi connectivity index (χ1v) is 9.50. The van der Waals surface area contributed by atoms with E-state index in [9.17, 15) is 14.0 Å². The summed E-state index contributed by atoms with van der Waals surface area (Å²) >= 11 is 1.44. The van der Waals surface area contributed by atoms with Gasteiger partial charge in [0, 0.05) is 48.3 Å². The van der Waals surface area contributed by atoms with Crippen LogP contribution in [0.1, 0.15) is 22.3 Å². The van der Waals surface area contributed by atoms with Gasteiger partial charge in [-0.3, -0.25) is 9.59 Å². The third-order valence-corrected chi connectivity index (χ3v) is 4.44. The molecule has 0 spiro atoms. The normalized spacial score (nSPS) is 10.3. The van der Waals surface area contributed by atoms with E-state index in [2.05, 4.69) is 15.6 Å². The Morgan fingerprint density at radius 2 is 2.04 bits per heavy atom. The second kappa shape index (κ2) is 9.61. The first-order chi connectivity index (χ1) is 13.6. The lowest BCUT2D eigenvalue weighted by Crippen LogP contribution is -2.30. The molecule has 0 saturated heterocycles. The molecule has 8 heteroatoms. The molecule has 0 fully saturated rings. The molecule has 0 bridgehead atoms. The number of hydrogen-bond acceptors (Lipinski definition) is 5. The third-order valence-electron chi connectivity index (χ3n) is 3.76. The van der Waals surface area contributed by atoms with Gasteiger partial charge in [0.2, 0.25) is 11.8 Å². The molecular weight excluding hydrogens is 381 g/mol. The van der Waals surface area contributed by atoms with Crippen LogP contribution in [0.2, 0.25) is 0 Å². The fraction of sp³-hybridized carbons (Fsp3) is 0.150. The van der Waals surface area contributed by atoms with Crippen molar-refractivity contribution in [3.05, 3.63) is 76.4 Å². The number of amides is 2. The van der Waals surface area contributed by atoms with E-state index >= 15 is 0 Å². The lowest BCUT2D eigenvalue weighted by molar-refractivity contribution is -0.121. The molecule has 0 unspecified atom stereocenters. The number of nitrogens with one attached hydrogen (secondary N) is 2. The number of carbonyl (C=O) groups is 2. The second-order valence-electron chi connectivity index (χ2n) is 5.82. The quantitative estimate of drug-likeness (QED) is 0.607. The zero-order valence-electron chi connectivity index (χ0n) is 14.9. The summed E-state index contributed by atoms with van der Waals surface area (Å²) in [6, 6.07) is 11.0. The van der Waals surface area contributed by atoms with Gasteiger partial charge in [-0.1, -0.05) is 12.1 Å². The van der Waals surface area contributed by atoms with Gasteiger partial charge in [0.25, 0.3) is 5.91 Å². The van der Waals surface area contributed by atoms with Crippen LogP contribution in [0.3, 0.4) is 0 Å². The van der Waals surface area contributed by atoms with Crippen LogP contribution in [-0.4, -0.2) is 23.3 Å². The van der Waals surface area contributed by atoms with Crippen molar-refractivity contribution < 1.29 is 18.7 Å². The molecule has 28 heavy (non-hydrogen) atoms. The van der Waals surface area contributed by atoms with Crippen LogP contribution in [0.5, 0.6) is 11.6 Å². The number of thiophene rings is 1. The lowest BCUT2D eigenvalue weighted by atomic mass is 10.2. The van der Waals surface area contributed by atoms with Crippen molar-refractivity contribution in [3.63, 3.8) is 0 Å². The Hall–Kier alpha value is -3.26. The van der Waals surface area contributed by atoms with Crippen LogP contribution in [0.15, 0.2) is 59.4 Å². The minimum atomic E-state index is -0.409. The molecule has 6 nitrogen and oxygen atoms in total. The van der Waals surface area contributed by atoms with Crippen molar-refractivity contribution in [2.24, 2.45) is 0 Å². The summed E-state index contributed by atoms with van der Waals surface area (Å²) in [7, 11) is 0. The molecule has 144 valence electrons. The van der Waals surface area contributed by atoms with Gasteiger partial charge in [-0.25, -0.2) is 9.37 Å². The van der Waals surface area contributed by atoms with E-state index < -0.39 is 5.82 Å². The zero-order valence-corrected chi connectivity index (χ0v) is 15.7. The molecule has 0 saturated carbocycles. The lowest BCUT2D eigenvalue weighted by Gasteiger charge is -2.11. The predicted octanol–water partition coefficient (Wildman–Crippen LogP) is 3.51. The number of nitrogens with zero attached hydrogens (tertiary/aromatic N) is 1. The van der Waals surface area contributed by atoms with E-state index in [1.807, 2.05) is 5.38 Å². The van der Waals surface area contributed by atoms with E-state index in [0.29, 0.717) is 22.8 Å². The standard InChI is InChI=1S/C20H18FN3O3S/c21-16-4-1-5-17(11-16)27-20-14(3-2-8-23-20)12-24-18(25)6-9-22-19(26)15-7-10-28-13-15/h1-5,7-8,10-11,13H,6,9,12H2,(H,22,26)(H,24,25). The van der Waals surface area contributed by atoms with Gasteiger partial charge in [-0.15, -0.1) is 0 Å². The van der Waals surface area contributed by atoms with Crippen molar-refractivity contribution in [1.29, 1.82) is 0 Å². The minimum Gasteiger partial charge on any atom is -0.439 e. The molecule has 0 atom stereocenters. The Morgan fingerprint density at radius 3 is 2.82 bits per heavy atom. The molecule has 0 aliphatic carbocycles. The number of aromatic nitrogens is 1. The smallest absolute Gasteiger partial charge is 0.252 e. The molecular formula is C20H18FN3O3S. The Kier molecular flexibility index (Phi) is 6.69. The molecule has 1 aromatic carbocycles. The first-order valence-electron chi connectivity index (χ1n) is 8.56. The summed E-state index contributed by atoms with van der Waals surface area (Å²) in [6.07, 6.45) is 1.70. The Balaban J connectivity index is 1.49. The van der Waals surface area contributed by atoms with Crippen molar-refractivity contribution in [1.82, 2.24) is 15.6 Å². The molecule has 0 aliphatic rings. The van der Waals surface area contributed by atoms with Gasteiger partial charge in [-0.05, 0) is 29.6 Å². The minimum absolute atomic E-state index is 0.149. The molecule has 2 aromatic heterocycles. The maximum Gasteiger partial charge on any atom is 0.252 e. The Morgan fingerprint density at radius 1 is 1.14 bits per heavy atom. The topological polar surface area (TPSA) is 80.3 Å². The fourth-order valence-electron chi connectivity index (χ4n) is 2.36. The van der Waals surface area contributed by atoms with E-state index in [0.717, 1.165) is 0 Å². The number of benzene rings is 1. The Labute approximate surface area is 165 Å². The van der Waals surface area contributed by atoms with Gasteiger partial charge < -0.3 is 15.4 Å². The highest BCUT2D eigenvalue weighted by Gasteiger charge is 2.10. The van der Waals surface area contributed by atoms with Crippen LogP contribution >= 0.6 is 11.3 Å². The maximum atomic E-state index is 13.3. The summed E-state index contributed by atoms with van der Waals surface area (Å²) in [4.78, 5) is 28.0. The molecule has 2 heterocycles. The number of rotatable bonds is 8. The summed E-state index contributed by atoms with van der Waals surface area (Å²) in [5, 5.41) is 9.03. The SMILES string of the molecule is O=C(CCNC(=O)c1ccsc1)NCc1cccnc1Oc1cccc(F)c1. The summed E-state index contributed by atoms with van der Waals surface area (Å²) in [5.74, 6) is -0.215. The van der Waals surface area contributed by atoms with Crippen LogP contribution in [0.4, 0.5) is 4.39 Å². The van der Waals surface area contributed by atoms with Crippen LogP contribution < -0.4 is 15.4 Å². The number of hydrogen-bond donors (Lipinski definition) is 2. The third kappa shape index (κ3) is 5.62. The van der Waals surface area contributed by atoms with Gasteiger partial charge in [0.1, 0.15) is 11.6 Å². The Bertz CT molecular complexity index is 947. The van der Waals surface area contributed by atoms with E-state index in [1.54, 1.807) is 41.9 Å². The largest absolute Gasteiger partial charge is 0.439 e. The zero-order chi connectivity index (χ0) is 19.8. The number of pyridine rings is 1. The van der Waals surface area contributed by atoms with Crippen LogP contribution in [0, 0.1) is 5.82 Å². The highest BCUT2D eigenvalue weighted by Crippen LogP contribution is 2.23. The number of ether oxygens (including phenoxy) is 1. The van der Waals surface area contributed by atoms with Crippen molar-refractivity contribution in [2.45, 2.75) is 13.0 Å². The van der Waals surface area contributed by atoms with Crippen LogP contribution in [0.25, 0.3) is 0 Å². The fourth-order valence-corrected chi connectivity index (χ4v) is 3.00. The molecule has 0 aliphatic heterocycles. The van der Waals surface area contributed by atoms with Crippen molar-refractivity contribution in [2.75, 3.05) is 6.54 Å². The second-order valence-corrected chi connectivity index (χ2v) is 6.60. The monoisotopic (exact) mass is 399 g/mol. The molecule has 3 rings (SSSR count). The summed E-state index contributed by atoms with van der Waals surface area (Å²) < 4.78 is 18.9. The predicted molar refractivity (Wildman–Crippen MR) is 104 cm³/mol. The molecule has 3 aromatic rings. The maximum absolute atomic E-state index is 13.3. The highest BCUT2D eigenvalue weighted by atomic mass is 32.1. The summed E-state index contributed by atoms with van der Waals surface area (Å²) in [6.45, 7) is 0.440. The van der Waals surface area contributed by atoms with E-state index in [1.165, 1.54) is 23.5 Å². The van der Waals surface area contributed by atoms with Crippen molar-refractivity contribution in [3.8, 4) is 11.6 Å². The van der Waals surface area contributed by atoms with Gasteiger partial charge in [0.15, 0.2) is 0 Å². The van der Waals surface area contributed by atoms with Crippen molar-refractivity contribution >= 4 is 23.2 Å². The molecule has 2 N–H and O–H groups in total. The average molecular weight is 399 g/mol. The van der Waals surface area contributed by atoms with Gasteiger partial charge in [-0.2, -0.15) is 11.3 Å². The summed E-state index contributed by atoms with van der Waals surface area (Å²) in [5.41, 5.74) is 1.24. The van der Waals surface area contributed by atoms with Crippen LogP contribution in [-0.2, 0) is 11.3 Å². The average Bonchev–Trinajstić information content (AvgIpc) is 3.22. The van der Waals surface area contributed by atoms with E-state index in [4.69, 9.17) is 4.74 Å². The van der Waals surface area contributed by atoms with E-state index in [-0.39, 0.29) is 31.3 Å². The van der Waals surface area contributed by atoms with Gasteiger partial charge >= 0.3 is 0 Å². The molecule has 2 amide bonds. The molecule has 0 radical (unpaired) electrons. The number of halogens is 1. The first kappa shape index (κ1) is 19.5. The number of carbonyl (C=O) groups excluding carboxylic acids is 2. The highest BCUT2D eigenvalue weighted by molar-refractivity contribution is 7.08. The van der Waals surface area contributed by atoms with Gasteiger partial charge in [0.05, 0.1) is 0 Å².